The fourth-order valence-corrected chi connectivity index (χ4v) is 4.50. The van der Waals surface area contributed by atoms with E-state index in [4.69, 9.17) is 11.6 Å². The lowest BCUT2D eigenvalue weighted by Crippen LogP contribution is -2.20. The Kier molecular flexibility index (Phi) is 8.23. The Labute approximate surface area is 229 Å². The number of hydrogen-bond acceptors (Lipinski definition) is 7. The first-order valence-electron chi connectivity index (χ1n) is 11.6. The molecule has 1 aromatic heterocycles. The summed E-state index contributed by atoms with van der Waals surface area (Å²) < 4.78 is 1.92. The van der Waals surface area contributed by atoms with Gasteiger partial charge in [0.25, 0.3) is 11.6 Å². The van der Waals surface area contributed by atoms with Gasteiger partial charge in [0.2, 0.25) is 0 Å². The summed E-state index contributed by atoms with van der Waals surface area (Å²) in [5, 5.41) is 24.3. The summed E-state index contributed by atoms with van der Waals surface area (Å²) >= 11 is 7.05. The van der Waals surface area contributed by atoms with Crippen LogP contribution in [0.5, 0.6) is 0 Å². The minimum atomic E-state index is -0.578. The molecule has 0 aliphatic rings. The van der Waals surface area contributed by atoms with Crippen LogP contribution < -0.4 is 5.43 Å². The normalized spacial score (nSPS) is 11.6. The van der Waals surface area contributed by atoms with Crippen LogP contribution in [0.15, 0.2) is 83.1 Å². The molecule has 0 radical (unpaired) electrons. The molecule has 0 atom stereocenters. The maximum absolute atomic E-state index is 12.5. The lowest BCUT2D eigenvalue weighted by atomic mass is 9.87. The first-order chi connectivity index (χ1) is 18.1. The number of nitrogens with zero attached hydrogens (tertiary/aromatic N) is 5. The standard InChI is InChI=1S/C27H25ClN6O3S/c1-27(2,3)20-12-10-19(11-13-20)25-31-32-26(33(25)21-7-5-4-6-8-21)38-17-24(35)30-29-16-18-9-14-22(28)23(15-18)34(36)37/h4-16H,17H2,1-3H3,(H,30,35)/b29-16-. The van der Waals surface area contributed by atoms with Gasteiger partial charge in [0.1, 0.15) is 5.02 Å². The summed E-state index contributed by atoms with van der Waals surface area (Å²) in [4.78, 5) is 22.9. The fraction of sp³-hybridized carbons (Fsp3) is 0.185. The highest BCUT2D eigenvalue weighted by atomic mass is 35.5. The molecule has 4 rings (SSSR count). The monoisotopic (exact) mass is 548 g/mol. The average Bonchev–Trinajstić information content (AvgIpc) is 3.32. The molecule has 11 heteroatoms. The van der Waals surface area contributed by atoms with Gasteiger partial charge in [-0.15, -0.1) is 10.2 Å². The first kappa shape index (κ1) is 27.0. The number of nitro groups is 1. The van der Waals surface area contributed by atoms with Gasteiger partial charge in [0.05, 0.1) is 16.9 Å². The van der Waals surface area contributed by atoms with Gasteiger partial charge in [-0.25, -0.2) is 5.43 Å². The van der Waals surface area contributed by atoms with Crippen LogP contribution in [0.1, 0.15) is 31.9 Å². The molecular weight excluding hydrogens is 524 g/mol. The number of benzene rings is 3. The number of hydrazone groups is 1. The van der Waals surface area contributed by atoms with Crippen LogP contribution in [0.2, 0.25) is 5.02 Å². The zero-order chi connectivity index (χ0) is 27.3. The van der Waals surface area contributed by atoms with E-state index in [9.17, 15) is 14.9 Å². The third-order valence-corrected chi connectivity index (χ3v) is 6.81. The highest BCUT2D eigenvalue weighted by molar-refractivity contribution is 7.99. The number of hydrogen-bond donors (Lipinski definition) is 1. The molecule has 0 fully saturated rings. The molecule has 0 unspecified atom stereocenters. The number of rotatable bonds is 8. The van der Waals surface area contributed by atoms with Crippen LogP contribution in [0.3, 0.4) is 0 Å². The van der Waals surface area contributed by atoms with Crippen LogP contribution in [0, 0.1) is 10.1 Å². The minimum absolute atomic E-state index is 0.0274. The molecule has 9 nitrogen and oxygen atoms in total. The molecule has 0 bridgehead atoms. The molecule has 1 N–H and O–H groups in total. The smallest absolute Gasteiger partial charge is 0.272 e. The maximum atomic E-state index is 12.5. The molecule has 0 saturated carbocycles. The summed E-state index contributed by atoms with van der Waals surface area (Å²) in [7, 11) is 0. The zero-order valence-electron chi connectivity index (χ0n) is 21.0. The second-order valence-electron chi connectivity index (χ2n) is 9.35. The molecule has 0 aliphatic carbocycles. The Hall–Kier alpha value is -4.02. The highest BCUT2D eigenvalue weighted by Crippen LogP contribution is 2.30. The third kappa shape index (κ3) is 6.45. The topological polar surface area (TPSA) is 115 Å². The Morgan fingerprint density at radius 3 is 2.47 bits per heavy atom. The number of nitro benzene ring substituents is 1. The predicted octanol–water partition coefficient (Wildman–Crippen LogP) is 6.04. The van der Waals surface area contributed by atoms with Gasteiger partial charge in [0.15, 0.2) is 11.0 Å². The first-order valence-corrected chi connectivity index (χ1v) is 13.0. The van der Waals surface area contributed by atoms with Gasteiger partial charge < -0.3 is 0 Å². The molecule has 38 heavy (non-hydrogen) atoms. The Bertz CT molecular complexity index is 1480. The van der Waals surface area contributed by atoms with Gasteiger partial charge in [-0.2, -0.15) is 5.10 Å². The number of carbonyl (C=O) groups is 1. The van der Waals surface area contributed by atoms with E-state index in [2.05, 4.69) is 53.6 Å². The van der Waals surface area contributed by atoms with Gasteiger partial charge in [-0.1, -0.05) is 92.7 Å². The SMILES string of the molecule is CC(C)(C)c1ccc(-c2nnc(SCC(=O)N/N=C\c3ccc(Cl)c([N+](=O)[O-])c3)n2-c2ccccc2)cc1. The average molecular weight is 549 g/mol. The number of thioether (sulfide) groups is 1. The fourth-order valence-electron chi connectivity index (χ4n) is 3.57. The summed E-state index contributed by atoms with van der Waals surface area (Å²) in [6.07, 6.45) is 1.32. The number of halogens is 1. The van der Waals surface area contributed by atoms with E-state index in [1.807, 2.05) is 47.0 Å². The molecule has 194 valence electrons. The summed E-state index contributed by atoms with van der Waals surface area (Å²) in [5.74, 6) is 0.335. The maximum Gasteiger partial charge on any atom is 0.288 e. The number of nitrogens with one attached hydrogen (secondary N) is 1. The third-order valence-electron chi connectivity index (χ3n) is 5.56. The second-order valence-corrected chi connectivity index (χ2v) is 10.7. The van der Waals surface area contributed by atoms with Crippen molar-refractivity contribution in [1.82, 2.24) is 20.2 Å². The van der Waals surface area contributed by atoms with Crippen LogP contribution in [0.4, 0.5) is 5.69 Å². The highest BCUT2D eigenvalue weighted by Gasteiger charge is 2.19. The van der Waals surface area contributed by atoms with Crippen molar-refractivity contribution in [2.24, 2.45) is 5.10 Å². The zero-order valence-corrected chi connectivity index (χ0v) is 22.5. The van der Waals surface area contributed by atoms with Crippen LogP contribution >= 0.6 is 23.4 Å². The van der Waals surface area contributed by atoms with E-state index < -0.39 is 4.92 Å². The lowest BCUT2D eigenvalue weighted by molar-refractivity contribution is -0.384. The van der Waals surface area contributed by atoms with E-state index >= 15 is 0 Å². The van der Waals surface area contributed by atoms with E-state index in [0.717, 1.165) is 11.3 Å². The number of para-hydroxylation sites is 1. The number of aromatic nitrogens is 3. The molecule has 0 spiro atoms. The van der Waals surface area contributed by atoms with Gasteiger partial charge in [0, 0.05) is 22.9 Å². The van der Waals surface area contributed by atoms with E-state index in [0.29, 0.717) is 16.5 Å². The van der Waals surface area contributed by atoms with Crippen molar-refractivity contribution in [2.75, 3.05) is 5.75 Å². The van der Waals surface area contributed by atoms with Crippen molar-refractivity contribution in [3.05, 3.63) is 99.1 Å². The number of amides is 1. The van der Waals surface area contributed by atoms with E-state index in [1.165, 1.54) is 35.7 Å². The molecule has 0 aliphatic heterocycles. The van der Waals surface area contributed by atoms with Crippen molar-refractivity contribution < 1.29 is 9.72 Å². The molecule has 1 heterocycles. The quantitative estimate of drug-likeness (QED) is 0.124. The Morgan fingerprint density at radius 1 is 1.11 bits per heavy atom. The van der Waals surface area contributed by atoms with E-state index in [1.54, 1.807) is 6.07 Å². The largest absolute Gasteiger partial charge is 0.288 e. The summed E-state index contributed by atoms with van der Waals surface area (Å²) in [6.45, 7) is 6.49. The van der Waals surface area contributed by atoms with Crippen molar-refractivity contribution in [3.8, 4) is 17.1 Å². The molecule has 1 amide bonds. The number of carbonyl (C=O) groups excluding carboxylic acids is 1. The molecular formula is C27H25ClN6O3S. The molecule has 0 saturated heterocycles. The summed E-state index contributed by atoms with van der Waals surface area (Å²) in [5.41, 5.74) is 5.66. The Balaban J connectivity index is 1.50. The van der Waals surface area contributed by atoms with Crippen molar-refractivity contribution in [3.63, 3.8) is 0 Å². The Morgan fingerprint density at radius 2 is 1.82 bits per heavy atom. The van der Waals surface area contributed by atoms with Crippen molar-refractivity contribution in [1.29, 1.82) is 0 Å². The predicted molar refractivity (Wildman–Crippen MR) is 150 cm³/mol. The molecule has 3 aromatic carbocycles. The van der Waals surface area contributed by atoms with Crippen LogP contribution in [-0.4, -0.2) is 37.6 Å². The minimum Gasteiger partial charge on any atom is -0.272 e. The second kappa shape index (κ2) is 11.6. The van der Waals surface area contributed by atoms with Crippen molar-refractivity contribution >= 4 is 41.2 Å². The lowest BCUT2D eigenvalue weighted by Gasteiger charge is -2.19. The van der Waals surface area contributed by atoms with Gasteiger partial charge in [-0.3, -0.25) is 19.5 Å². The van der Waals surface area contributed by atoms with Crippen molar-refractivity contribution in [2.45, 2.75) is 31.3 Å². The molecule has 4 aromatic rings. The van der Waals surface area contributed by atoms with Crippen LogP contribution in [-0.2, 0) is 10.2 Å². The summed E-state index contributed by atoms with van der Waals surface area (Å²) in [6, 6.07) is 22.2. The van der Waals surface area contributed by atoms with Crippen LogP contribution in [0.25, 0.3) is 17.1 Å². The van der Waals surface area contributed by atoms with Gasteiger partial charge >= 0.3 is 0 Å². The van der Waals surface area contributed by atoms with E-state index in [-0.39, 0.29) is 27.8 Å². The van der Waals surface area contributed by atoms with Gasteiger partial charge in [-0.05, 0) is 29.2 Å².